The van der Waals surface area contributed by atoms with Gasteiger partial charge in [-0.3, -0.25) is 4.57 Å². The van der Waals surface area contributed by atoms with Gasteiger partial charge in [0.1, 0.15) is 12.4 Å². The quantitative estimate of drug-likeness (QED) is 0.566. The molecule has 0 aromatic carbocycles. The molecule has 112 valence electrons. The molecule has 0 radical (unpaired) electrons. The Labute approximate surface area is 115 Å². The van der Waals surface area contributed by atoms with Crippen LogP contribution in [-0.4, -0.2) is 17.8 Å². The Morgan fingerprint density at radius 2 is 1.84 bits per heavy atom. The highest BCUT2D eigenvalue weighted by molar-refractivity contribution is 7.45. The van der Waals surface area contributed by atoms with Crippen LogP contribution in [0.5, 0.6) is 0 Å². The molecule has 0 N–H and O–H groups in total. The second-order valence-electron chi connectivity index (χ2n) is 3.95. The summed E-state index contributed by atoms with van der Waals surface area (Å²) in [7, 11) is -1.90. The third-order valence-electron chi connectivity index (χ3n) is 2.17. The van der Waals surface area contributed by atoms with E-state index in [2.05, 4.69) is 43.8 Å². The van der Waals surface area contributed by atoms with Gasteiger partial charge < -0.3 is 13.9 Å². The van der Waals surface area contributed by atoms with Crippen molar-refractivity contribution < 1.29 is 23.1 Å². The summed E-state index contributed by atoms with van der Waals surface area (Å²) in [5, 5.41) is 0. The normalized spacial score (nSPS) is 11.0. The van der Waals surface area contributed by atoms with Crippen LogP contribution in [-0.2, 0) is 27.2 Å². The number of phosphoric acid groups is 1. The second-order valence-corrected chi connectivity index (χ2v) is 5.36. The van der Waals surface area contributed by atoms with Crippen LogP contribution < -0.4 is 9.46 Å². The number of imidazole rings is 1. The van der Waals surface area contributed by atoms with Gasteiger partial charge >= 0.3 is 0 Å². The monoisotopic (exact) mass is 292 g/mol. The molecule has 1 heterocycles. The Balaban J connectivity index is 0.000000344. The molecule has 7 heteroatoms. The highest BCUT2D eigenvalue weighted by Crippen LogP contribution is 2.37. The fourth-order valence-corrected chi connectivity index (χ4v) is 2.04. The number of hydrogen-bond acceptors (Lipinski definition) is 4. The van der Waals surface area contributed by atoms with E-state index in [1.165, 1.54) is 12.8 Å². The van der Waals surface area contributed by atoms with Gasteiger partial charge in [-0.25, -0.2) is 9.13 Å². The summed E-state index contributed by atoms with van der Waals surface area (Å²) in [5.74, 6) is 0. The Morgan fingerprint density at radius 3 is 2.21 bits per heavy atom. The maximum absolute atomic E-state index is 10.4. The summed E-state index contributed by atoms with van der Waals surface area (Å²) < 4.78 is 23.2. The van der Waals surface area contributed by atoms with Gasteiger partial charge in [0.25, 0.3) is 7.82 Å². The van der Waals surface area contributed by atoms with E-state index < -0.39 is 7.82 Å². The van der Waals surface area contributed by atoms with Gasteiger partial charge in [-0.05, 0) is 20.3 Å². The molecule has 0 atom stereocenters. The molecule has 0 aliphatic rings. The lowest BCUT2D eigenvalue weighted by Crippen LogP contribution is -2.23. The average Bonchev–Trinajstić information content (AvgIpc) is 2.73. The van der Waals surface area contributed by atoms with E-state index in [0.717, 1.165) is 6.54 Å². The van der Waals surface area contributed by atoms with Gasteiger partial charge in [0, 0.05) is 0 Å². The third-order valence-corrected chi connectivity index (χ3v) is 3.32. The number of unbranched alkanes of at least 4 members (excludes halogenated alkanes) is 1. The minimum atomic E-state index is -3.94. The predicted molar refractivity (Wildman–Crippen MR) is 71.4 cm³/mol. The maximum Gasteiger partial charge on any atom is 0.267 e. The molecule has 0 saturated heterocycles. The molecule has 1 rings (SSSR count). The van der Waals surface area contributed by atoms with Gasteiger partial charge in [-0.1, -0.05) is 13.3 Å². The zero-order valence-electron chi connectivity index (χ0n) is 12.2. The van der Waals surface area contributed by atoms with Gasteiger partial charge in [0.2, 0.25) is 6.33 Å². The maximum atomic E-state index is 10.4. The Bertz CT molecular complexity index is 372. The highest BCUT2D eigenvalue weighted by Gasteiger charge is 2.04. The number of rotatable bonds is 7. The first-order chi connectivity index (χ1) is 8.95. The summed E-state index contributed by atoms with van der Waals surface area (Å²) in [6, 6.07) is 0. The van der Waals surface area contributed by atoms with Crippen molar-refractivity contribution in [1.82, 2.24) is 4.57 Å². The number of aromatic nitrogens is 2. The van der Waals surface area contributed by atoms with Crippen LogP contribution in [0.2, 0.25) is 0 Å². The van der Waals surface area contributed by atoms with E-state index in [-0.39, 0.29) is 13.2 Å². The first kappa shape index (κ1) is 18.3. The van der Waals surface area contributed by atoms with E-state index in [1.807, 2.05) is 7.05 Å². The Morgan fingerprint density at radius 1 is 1.26 bits per heavy atom. The third kappa shape index (κ3) is 9.85. The molecule has 0 bridgehead atoms. The summed E-state index contributed by atoms with van der Waals surface area (Å²) in [4.78, 5) is 10.4. The molecular formula is C12H25N2O4P. The number of hydrogen-bond donors (Lipinski definition) is 0. The number of aryl methyl sites for hydroxylation is 2. The molecular weight excluding hydrogens is 267 g/mol. The predicted octanol–water partition coefficient (Wildman–Crippen LogP) is 1.64. The van der Waals surface area contributed by atoms with Crippen LogP contribution in [0.4, 0.5) is 0 Å². The fourth-order valence-electron chi connectivity index (χ4n) is 1.33. The minimum Gasteiger partial charge on any atom is -0.756 e. The zero-order valence-corrected chi connectivity index (χ0v) is 13.1. The molecule has 19 heavy (non-hydrogen) atoms. The smallest absolute Gasteiger partial charge is 0.267 e. The van der Waals surface area contributed by atoms with Crippen LogP contribution in [0.1, 0.15) is 33.6 Å². The van der Waals surface area contributed by atoms with Crippen molar-refractivity contribution in [1.29, 1.82) is 0 Å². The largest absolute Gasteiger partial charge is 0.756 e. The van der Waals surface area contributed by atoms with Crippen molar-refractivity contribution in [2.24, 2.45) is 7.05 Å². The number of phosphoric ester groups is 1. The molecule has 0 fully saturated rings. The molecule has 0 aliphatic heterocycles. The lowest BCUT2D eigenvalue weighted by atomic mass is 10.3. The molecule has 1 aromatic rings. The van der Waals surface area contributed by atoms with Crippen LogP contribution in [0.15, 0.2) is 18.7 Å². The lowest BCUT2D eigenvalue weighted by molar-refractivity contribution is -0.671. The van der Waals surface area contributed by atoms with Crippen molar-refractivity contribution in [2.75, 3.05) is 13.2 Å². The Hall–Kier alpha value is -0.680. The fraction of sp³-hybridized carbons (Fsp3) is 0.750. The molecule has 0 unspecified atom stereocenters. The van der Waals surface area contributed by atoms with Crippen LogP contribution in [0.3, 0.4) is 0 Å². The molecule has 0 amide bonds. The standard InChI is InChI=1S/C8H15N2.C4H11O4P/c1-3-4-5-10-7-6-9(2)8-10;1-3-7-9(5,6)8-4-2/h6-8H,3-5H2,1-2H3;3-4H2,1-2H3,(H,5,6)/q+1;/p-1. The molecule has 0 saturated carbocycles. The van der Waals surface area contributed by atoms with E-state index >= 15 is 0 Å². The minimum absolute atomic E-state index is 0.126. The Kier molecular flexibility index (Phi) is 9.79. The molecule has 6 nitrogen and oxygen atoms in total. The molecule has 1 aromatic heterocycles. The topological polar surface area (TPSA) is 67.4 Å². The van der Waals surface area contributed by atoms with Crippen LogP contribution in [0.25, 0.3) is 0 Å². The lowest BCUT2D eigenvalue weighted by Gasteiger charge is -2.20. The second kappa shape index (κ2) is 10.1. The molecule has 0 spiro atoms. The summed E-state index contributed by atoms with van der Waals surface area (Å²) in [6.45, 7) is 6.79. The van der Waals surface area contributed by atoms with Gasteiger partial charge in [-0.15, -0.1) is 0 Å². The van der Waals surface area contributed by atoms with Crippen LogP contribution in [0, 0.1) is 0 Å². The highest BCUT2D eigenvalue weighted by atomic mass is 31.2. The van der Waals surface area contributed by atoms with Crippen molar-refractivity contribution in [3.8, 4) is 0 Å². The van der Waals surface area contributed by atoms with Crippen molar-refractivity contribution >= 4 is 7.82 Å². The summed E-state index contributed by atoms with van der Waals surface area (Å²) in [6.07, 6.45) is 8.82. The summed E-state index contributed by atoms with van der Waals surface area (Å²) >= 11 is 0. The first-order valence-corrected chi connectivity index (χ1v) is 8.02. The molecule has 0 aliphatic carbocycles. The first-order valence-electron chi connectivity index (χ1n) is 6.56. The van der Waals surface area contributed by atoms with E-state index in [1.54, 1.807) is 13.8 Å². The average molecular weight is 292 g/mol. The van der Waals surface area contributed by atoms with Gasteiger partial charge in [-0.2, -0.15) is 0 Å². The van der Waals surface area contributed by atoms with E-state index in [0.29, 0.717) is 0 Å². The van der Waals surface area contributed by atoms with Crippen molar-refractivity contribution in [2.45, 2.75) is 40.2 Å². The van der Waals surface area contributed by atoms with Gasteiger partial charge in [0.15, 0.2) is 0 Å². The zero-order chi connectivity index (χ0) is 14.7. The summed E-state index contributed by atoms with van der Waals surface area (Å²) in [5.41, 5.74) is 0. The van der Waals surface area contributed by atoms with Crippen molar-refractivity contribution in [3.63, 3.8) is 0 Å². The van der Waals surface area contributed by atoms with E-state index in [9.17, 15) is 9.46 Å². The van der Waals surface area contributed by atoms with Crippen molar-refractivity contribution in [3.05, 3.63) is 18.7 Å². The number of nitrogens with zero attached hydrogens (tertiary/aromatic N) is 2. The van der Waals surface area contributed by atoms with Gasteiger partial charge in [0.05, 0.1) is 26.8 Å². The SMILES string of the molecule is CCCCn1cc[n+](C)c1.CCOP(=O)([O-])OCC. The van der Waals surface area contributed by atoms with E-state index in [4.69, 9.17) is 0 Å². The van der Waals surface area contributed by atoms with Crippen LogP contribution >= 0.6 is 7.82 Å².